The van der Waals surface area contributed by atoms with E-state index < -0.39 is 5.60 Å². The Bertz CT molecular complexity index is 1200. The SMILES string of the molecule is CCn1c(N2CCC(c3ccccc3)CC2)nc2c(OC3CCN(C(=O)OC(C)(C)C)C3)ncnc21. The molecule has 1 unspecified atom stereocenters. The van der Waals surface area contributed by atoms with Gasteiger partial charge in [-0.25, -0.2) is 14.8 Å². The van der Waals surface area contributed by atoms with E-state index in [0.717, 1.165) is 50.5 Å². The van der Waals surface area contributed by atoms with Crippen LogP contribution in [0, 0.1) is 0 Å². The Morgan fingerprint density at radius 1 is 1.06 bits per heavy atom. The first-order valence-electron chi connectivity index (χ1n) is 13.0. The van der Waals surface area contributed by atoms with Gasteiger partial charge in [-0.3, -0.25) is 4.57 Å². The minimum Gasteiger partial charge on any atom is -0.471 e. The zero-order valence-electron chi connectivity index (χ0n) is 21.7. The number of fused-ring (bicyclic) bond motifs is 1. The second-order valence-corrected chi connectivity index (χ2v) is 10.6. The second kappa shape index (κ2) is 9.95. The van der Waals surface area contributed by atoms with Crippen LogP contribution < -0.4 is 9.64 Å². The predicted octanol–water partition coefficient (Wildman–Crippen LogP) is 4.62. The molecule has 0 radical (unpaired) electrons. The number of aryl methyl sites for hydroxylation is 1. The summed E-state index contributed by atoms with van der Waals surface area (Å²) in [6.45, 7) is 11.4. The van der Waals surface area contributed by atoms with E-state index in [9.17, 15) is 4.79 Å². The van der Waals surface area contributed by atoms with Crippen molar-refractivity contribution in [2.24, 2.45) is 0 Å². The molecule has 5 rings (SSSR count). The summed E-state index contributed by atoms with van der Waals surface area (Å²) in [5.74, 6) is 1.98. The number of benzene rings is 1. The highest BCUT2D eigenvalue weighted by Crippen LogP contribution is 2.33. The van der Waals surface area contributed by atoms with Gasteiger partial charge in [0.25, 0.3) is 0 Å². The molecule has 0 N–H and O–H groups in total. The summed E-state index contributed by atoms with van der Waals surface area (Å²) in [4.78, 5) is 30.5. The van der Waals surface area contributed by atoms with Crippen LogP contribution in [0.4, 0.5) is 10.7 Å². The molecule has 0 bridgehead atoms. The van der Waals surface area contributed by atoms with Crippen LogP contribution in [0.2, 0.25) is 0 Å². The van der Waals surface area contributed by atoms with E-state index in [2.05, 4.69) is 56.7 Å². The van der Waals surface area contributed by atoms with E-state index in [1.807, 2.05) is 20.8 Å². The molecule has 2 aliphatic heterocycles. The number of aromatic nitrogens is 4. The first-order chi connectivity index (χ1) is 17.3. The van der Waals surface area contributed by atoms with Crippen molar-refractivity contribution in [1.29, 1.82) is 0 Å². The summed E-state index contributed by atoms with van der Waals surface area (Å²) in [5, 5.41) is 0. The van der Waals surface area contributed by atoms with Gasteiger partial charge in [0.1, 0.15) is 18.0 Å². The molecular weight excluding hydrogens is 456 g/mol. The van der Waals surface area contributed by atoms with Crippen LogP contribution in [0.5, 0.6) is 5.88 Å². The molecule has 2 aromatic heterocycles. The maximum atomic E-state index is 12.4. The molecule has 2 saturated heterocycles. The van der Waals surface area contributed by atoms with Crippen molar-refractivity contribution in [3.63, 3.8) is 0 Å². The van der Waals surface area contributed by atoms with Crippen molar-refractivity contribution < 1.29 is 14.3 Å². The van der Waals surface area contributed by atoms with Crippen molar-refractivity contribution in [3.8, 4) is 5.88 Å². The van der Waals surface area contributed by atoms with Gasteiger partial charge in [-0.1, -0.05) is 30.3 Å². The van der Waals surface area contributed by atoms with E-state index in [0.29, 0.717) is 30.4 Å². The highest BCUT2D eigenvalue weighted by Gasteiger charge is 2.32. The van der Waals surface area contributed by atoms with Gasteiger partial charge in [-0.2, -0.15) is 4.98 Å². The van der Waals surface area contributed by atoms with Gasteiger partial charge in [-0.15, -0.1) is 0 Å². The number of hydrogen-bond acceptors (Lipinski definition) is 7. The zero-order chi connectivity index (χ0) is 25.3. The third-order valence-corrected chi connectivity index (χ3v) is 6.92. The average molecular weight is 493 g/mol. The molecular formula is C27H36N6O3. The van der Waals surface area contributed by atoms with Crippen LogP contribution in [0.15, 0.2) is 36.7 Å². The molecule has 1 aromatic carbocycles. The minimum atomic E-state index is -0.520. The molecule has 36 heavy (non-hydrogen) atoms. The number of ether oxygens (including phenoxy) is 2. The van der Waals surface area contributed by atoms with Gasteiger partial charge in [0.2, 0.25) is 11.8 Å². The van der Waals surface area contributed by atoms with Crippen molar-refractivity contribution in [2.45, 2.75) is 71.1 Å². The second-order valence-electron chi connectivity index (χ2n) is 10.6. The Morgan fingerprint density at radius 3 is 2.50 bits per heavy atom. The fraction of sp³-hybridized carbons (Fsp3) is 0.556. The van der Waals surface area contributed by atoms with Gasteiger partial charge in [0.15, 0.2) is 11.2 Å². The summed E-state index contributed by atoms with van der Waals surface area (Å²) in [6.07, 6.45) is 3.98. The summed E-state index contributed by atoms with van der Waals surface area (Å²) in [7, 11) is 0. The number of carbonyl (C=O) groups is 1. The first-order valence-corrected chi connectivity index (χ1v) is 13.0. The largest absolute Gasteiger partial charge is 0.471 e. The molecule has 2 aliphatic rings. The van der Waals surface area contributed by atoms with Crippen molar-refractivity contribution in [2.75, 3.05) is 31.1 Å². The van der Waals surface area contributed by atoms with E-state index >= 15 is 0 Å². The van der Waals surface area contributed by atoms with Gasteiger partial charge < -0.3 is 19.3 Å². The van der Waals surface area contributed by atoms with Crippen molar-refractivity contribution in [3.05, 3.63) is 42.2 Å². The Balaban J connectivity index is 1.30. The van der Waals surface area contributed by atoms with Gasteiger partial charge in [-0.05, 0) is 52.0 Å². The minimum absolute atomic E-state index is 0.160. The molecule has 0 aliphatic carbocycles. The Kier molecular flexibility index (Phi) is 6.73. The summed E-state index contributed by atoms with van der Waals surface area (Å²) < 4.78 is 13.9. The van der Waals surface area contributed by atoms with Crippen molar-refractivity contribution in [1.82, 2.24) is 24.4 Å². The van der Waals surface area contributed by atoms with Crippen molar-refractivity contribution >= 4 is 23.2 Å². The summed E-state index contributed by atoms with van der Waals surface area (Å²) in [5.41, 5.74) is 2.35. The van der Waals surface area contributed by atoms with Gasteiger partial charge in [0, 0.05) is 32.6 Å². The van der Waals surface area contributed by atoms with Crippen LogP contribution in [0.3, 0.4) is 0 Å². The smallest absolute Gasteiger partial charge is 0.410 e. The molecule has 0 saturated carbocycles. The van der Waals surface area contributed by atoms with Crippen LogP contribution in [-0.4, -0.2) is 68.4 Å². The fourth-order valence-electron chi connectivity index (χ4n) is 5.14. The lowest BCUT2D eigenvalue weighted by molar-refractivity contribution is 0.0275. The number of piperidine rings is 1. The molecule has 9 heteroatoms. The van der Waals surface area contributed by atoms with E-state index in [1.54, 1.807) is 4.90 Å². The lowest BCUT2D eigenvalue weighted by atomic mass is 9.90. The van der Waals surface area contributed by atoms with Crippen LogP contribution in [0.1, 0.15) is 58.4 Å². The Labute approximate surface area is 212 Å². The van der Waals surface area contributed by atoms with E-state index in [-0.39, 0.29) is 12.2 Å². The van der Waals surface area contributed by atoms with Gasteiger partial charge in [0.05, 0.1) is 6.54 Å². The maximum Gasteiger partial charge on any atom is 0.410 e. The average Bonchev–Trinajstić information content (AvgIpc) is 3.49. The molecule has 4 heterocycles. The quantitative estimate of drug-likeness (QED) is 0.514. The predicted molar refractivity (Wildman–Crippen MR) is 138 cm³/mol. The normalized spacial score (nSPS) is 19.2. The number of hydrogen-bond donors (Lipinski definition) is 0. The number of likely N-dealkylation sites (tertiary alicyclic amines) is 1. The van der Waals surface area contributed by atoms with Crippen LogP contribution >= 0.6 is 0 Å². The molecule has 2 fully saturated rings. The highest BCUT2D eigenvalue weighted by molar-refractivity contribution is 5.79. The zero-order valence-corrected chi connectivity index (χ0v) is 21.7. The first kappa shape index (κ1) is 24.3. The molecule has 1 amide bonds. The number of carbonyl (C=O) groups excluding carboxylic acids is 1. The topological polar surface area (TPSA) is 85.6 Å². The highest BCUT2D eigenvalue weighted by atomic mass is 16.6. The van der Waals surface area contributed by atoms with Crippen LogP contribution in [-0.2, 0) is 11.3 Å². The third-order valence-electron chi connectivity index (χ3n) is 6.92. The molecule has 0 spiro atoms. The van der Waals surface area contributed by atoms with E-state index in [1.165, 1.54) is 11.9 Å². The summed E-state index contributed by atoms with van der Waals surface area (Å²) >= 11 is 0. The van der Waals surface area contributed by atoms with Crippen LogP contribution in [0.25, 0.3) is 11.2 Å². The number of rotatable bonds is 5. The fourth-order valence-corrected chi connectivity index (χ4v) is 5.14. The molecule has 1 atom stereocenters. The number of imidazole rings is 1. The Hall–Kier alpha value is -3.36. The third kappa shape index (κ3) is 5.10. The molecule has 192 valence electrons. The molecule has 3 aromatic rings. The molecule has 9 nitrogen and oxygen atoms in total. The standard InChI is InChI=1S/C27H36N6O3/c1-5-33-23-22(30-25(33)31-14-11-20(12-15-31)19-9-7-6-8-10-19)24(29-18-28-23)35-21-13-16-32(17-21)26(34)36-27(2,3)4/h6-10,18,20-21H,5,11-17H2,1-4H3. The number of amides is 1. The van der Waals surface area contributed by atoms with E-state index in [4.69, 9.17) is 14.5 Å². The maximum absolute atomic E-state index is 12.4. The number of nitrogens with zero attached hydrogens (tertiary/aromatic N) is 6. The van der Waals surface area contributed by atoms with Gasteiger partial charge >= 0.3 is 6.09 Å². The Morgan fingerprint density at radius 2 is 1.81 bits per heavy atom. The lowest BCUT2D eigenvalue weighted by Gasteiger charge is -2.33. The monoisotopic (exact) mass is 492 g/mol. The lowest BCUT2D eigenvalue weighted by Crippen LogP contribution is -2.36. The summed E-state index contributed by atoms with van der Waals surface area (Å²) in [6, 6.07) is 10.8. The number of anilines is 1.